The summed E-state index contributed by atoms with van der Waals surface area (Å²) in [5, 5.41) is 5.77. The molecule has 1 fully saturated rings. The molecule has 0 amide bonds. The molecule has 90 valence electrons. The van der Waals surface area contributed by atoms with Gasteiger partial charge in [-0.2, -0.15) is 11.8 Å². The van der Waals surface area contributed by atoms with Crippen LogP contribution in [0.25, 0.3) is 10.9 Å². The molecule has 0 radical (unpaired) electrons. The third-order valence-electron chi connectivity index (χ3n) is 3.40. The zero-order valence-electron chi connectivity index (χ0n) is 9.91. The van der Waals surface area contributed by atoms with Gasteiger partial charge in [0.1, 0.15) is 0 Å². The molecule has 0 spiro atoms. The topological polar surface area (TPSA) is 27.8 Å². The van der Waals surface area contributed by atoms with Crippen LogP contribution < -0.4 is 5.32 Å². The van der Waals surface area contributed by atoms with Gasteiger partial charge in [-0.15, -0.1) is 0 Å². The van der Waals surface area contributed by atoms with E-state index in [9.17, 15) is 0 Å². The Morgan fingerprint density at radius 2 is 2.35 bits per heavy atom. The predicted molar refractivity (Wildman–Crippen MR) is 75.5 cm³/mol. The second kappa shape index (κ2) is 5.15. The van der Waals surface area contributed by atoms with E-state index in [1.54, 1.807) is 0 Å². The predicted octanol–water partition coefficient (Wildman–Crippen LogP) is 3.15. The van der Waals surface area contributed by atoms with E-state index in [2.05, 4.69) is 46.3 Å². The molecule has 1 aromatic heterocycles. The summed E-state index contributed by atoms with van der Waals surface area (Å²) in [4.78, 5) is 3.26. The van der Waals surface area contributed by atoms with Gasteiger partial charge in [0, 0.05) is 35.4 Å². The SMILES string of the molecule is c1cc(CNCC2CCCS2)c2cc[nH]c2c1. The molecule has 2 aromatic rings. The Bertz CT molecular complexity index is 486. The van der Waals surface area contributed by atoms with Crippen LogP contribution in [0.4, 0.5) is 0 Å². The minimum atomic E-state index is 0.834. The van der Waals surface area contributed by atoms with E-state index in [4.69, 9.17) is 0 Å². The number of aromatic nitrogens is 1. The van der Waals surface area contributed by atoms with Crippen LogP contribution in [0.2, 0.25) is 0 Å². The highest BCUT2D eigenvalue weighted by molar-refractivity contribution is 8.00. The number of hydrogen-bond acceptors (Lipinski definition) is 2. The Morgan fingerprint density at radius 1 is 1.35 bits per heavy atom. The first-order valence-corrected chi connectivity index (χ1v) is 7.35. The zero-order valence-corrected chi connectivity index (χ0v) is 10.7. The lowest BCUT2D eigenvalue weighted by Crippen LogP contribution is -2.22. The maximum atomic E-state index is 3.59. The molecular formula is C14H18N2S. The summed E-state index contributed by atoms with van der Waals surface area (Å²) in [5.74, 6) is 1.35. The van der Waals surface area contributed by atoms with Crippen LogP contribution in [0.5, 0.6) is 0 Å². The van der Waals surface area contributed by atoms with Gasteiger partial charge >= 0.3 is 0 Å². The highest BCUT2D eigenvalue weighted by atomic mass is 32.2. The van der Waals surface area contributed by atoms with Crippen molar-refractivity contribution in [3.63, 3.8) is 0 Å². The molecule has 1 unspecified atom stereocenters. The number of rotatable bonds is 4. The van der Waals surface area contributed by atoms with Crippen molar-refractivity contribution in [1.29, 1.82) is 0 Å². The minimum absolute atomic E-state index is 0.834. The number of nitrogens with one attached hydrogen (secondary N) is 2. The van der Waals surface area contributed by atoms with Gasteiger partial charge in [-0.1, -0.05) is 12.1 Å². The van der Waals surface area contributed by atoms with Gasteiger partial charge in [-0.05, 0) is 36.3 Å². The Labute approximate surface area is 106 Å². The highest BCUT2D eigenvalue weighted by Crippen LogP contribution is 2.25. The van der Waals surface area contributed by atoms with Gasteiger partial charge in [-0.3, -0.25) is 0 Å². The Hall–Kier alpha value is -0.930. The number of benzene rings is 1. The van der Waals surface area contributed by atoms with Crippen molar-refractivity contribution < 1.29 is 0 Å². The molecule has 1 atom stereocenters. The van der Waals surface area contributed by atoms with E-state index >= 15 is 0 Å². The van der Waals surface area contributed by atoms with E-state index in [-0.39, 0.29) is 0 Å². The highest BCUT2D eigenvalue weighted by Gasteiger charge is 2.14. The maximum absolute atomic E-state index is 3.59. The lowest BCUT2D eigenvalue weighted by Gasteiger charge is -2.10. The molecule has 2 nitrogen and oxygen atoms in total. The molecule has 1 saturated heterocycles. The fourth-order valence-corrected chi connectivity index (χ4v) is 3.71. The summed E-state index contributed by atoms with van der Waals surface area (Å²) in [6, 6.07) is 8.63. The van der Waals surface area contributed by atoms with Crippen molar-refractivity contribution in [2.45, 2.75) is 24.6 Å². The number of hydrogen-bond donors (Lipinski definition) is 2. The second-order valence-electron chi connectivity index (χ2n) is 4.62. The molecule has 1 aliphatic heterocycles. The van der Waals surface area contributed by atoms with Crippen molar-refractivity contribution in [2.75, 3.05) is 12.3 Å². The van der Waals surface area contributed by atoms with Gasteiger partial charge in [0.05, 0.1) is 0 Å². The van der Waals surface area contributed by atoms with E-state index in [0.717, 1.165) is 18.3 Å². The van der Waals surface area contributed by atoms with E-state index < -0.39 is 0 Å². The molecule has 0 aliphatic carbocycles. The number of aromatic amines is 1. The molecule has 0 bridgehead atoms. The van der Waals surface area contributed by atoms with Gasteiger partial charge in [-0.25, -0.2) is 0 Å². The third kappa shape index (κ3) is 2.50. The standard InChI is InChI=1S/C14H18N2S/c1-3-11(13-6-7-16-14(13)5-1)9-15-10-12-4-2-8-17-12/h1,3,5-7,12,15-16H,2,4,8-10H2. The zero-order chi connectivity index (χ0) is 11.5. The minimum Gasteiger partial charge on any atom is -0.361 e. The van der Waals surface area contributed by atoms with E-state index in [1.807, 2.05) is 6.20 Å². The first kappa shape index (κ1) is 11.2. The average Bonchev–Trinajstić information content (AvgIpc) is 2.99. The monoisotopic (exact) mass is 246 g/mol. The Balaban J connectivity index is 1.62. The van der Waals surface area contributed by atoms with Crippen LogP contribution >= 0.6 is 11.8 Å². The number of fused-ring (bicyclic) bond motifs is 1. The maximum Gasteiger partial charge on any atom is 0.0457 e. The van der Waals surface area contributed by atoms with Crippen molar-refractivity contribution in [3.05, 3.63) is 36.0 Å². The van der Waals surface area contributed by atoms with Gasteiger partial charge in [0.2, 0.25) is 0 Å². The molecule has 0 saturated carbocycles. The van der Waals surface area contributed by atoms with E-state index in [0.29, 0.717) is 0 Å². The van der Waals surface area contributed by atoms with Gasteiger partial charge in [0.25, 0.3) is 0 Å². The summed E-state index contributed by atoms with van der Waals surface area (Å²) in [7, 11) is 0. The van der Waals surface area contributed by atoms with Gasteiger partial charge in [0.15, 0.2) is 0 Å². The lowest BCUT2D eigenvalue weighted by molar-refractivity contribution is 0.648. The molecule has 1 aromatic carbocycles. The van der Waals surface area contributed by atoms with Crippen LogP contribution in [0.1, 0.15) is 18.4 Å². The summed E-state index contributed by atoms with van der Waals surface area (Å²) < 4.78 is 0. The van der Waals surface area contributed by atoms with E-state index in [1.165, 1.54) is 35.1 Å². The molecule has 17 heavy (non-hydrogen) atoms. The number of thioether (sulfide) groups is 1. The fourth-order valence-electron chi connectivity index (χ4n) is 2.48. The van der Waals surface area contributed by atoms with Gasteiger partial charge < -0.3 is 10.3 Å². The normalized spacial score (nSPS) is 20.1. The quantitative estimate of drug-likeness (QED) is 0.867. The molecule has 2 heterocycles. The van der Waals surface area contributed by atoms with Crippen molar-refractivity contribution >= 4 is 22.7 Å². The van der Waals surface area contributed by atoms with Crippen molar-refractivity contribution in [3.8, 4) is 0 Å². The summed E-state index contributed by atoms with van der Waals surface area (Å²) in [6.45, 7) is 2.12. The molecule has 3 heteroatoms. The summed E-state index contributed by atoms with van der Waals surface area (Å²) in [5.41, 5.74) is 2.63. The van der Waals surface area contributed by atoms with Crippen LogP contribution in [0.15, 0.2) is 30.5 Å². The lowest BCUT2D eigenvalue weighted by atomic mass is 10.1. The van der Waals surface area contributed by atoms with Crippen molar-refractivity contribution in [1.82, 2.24) is 10.3 Å². The van der Waals surface area contributed by atoms with Crippen molar-refractivity contribution in [2.24, 2.45) is 0 Å². The van der Waals surface area contributed by atoms with Crippen LogP contribution in [0.3, 0.4) is 0 Å². The fraction of sp³-hybridized carbons (Fsp3) is 0.429. The Morgan fingerprint density at radius 3 is 3.24 bits per heavy atom. The average molecular weight is 246 g/mol. The smallest absolute Gasteiger partial charge is 0.0457 e. The third-order valence-corrected chi connectivity index (χ3v) is 4.79. The van der Waals surface area contributed by atoms with Crippen LogP contribution in [-0.4, -0.2) is 22.5 Å². The molecular weight excluding hydrogens is 228 g/mol. The van der Waals surface area contributed by atoms with Crippen LogP contribution in [0, 0.1) is 0 Å². The second-order valence-corrected chi connectivity index (χ2v) is 6.03. The molecule has 1 aliphatic rings. The molecule has 3 rings (SSSR count). The number of H-pyrrole nitrogens is 1. The first-order valence-electron chi connectivity index (χ1n) is 6.31. The summed E-state index contributed by atoms with van der Waals surface area (Å²) in [6.07, 6.45) is 4.79. The van der Waals surface area contributed by atoms with Crippen LogP contribution in [-0.2, 0) is 6.54 Å². The largest absolute Gasteiger partial charge is 0.361 e. The summed E-state index contributed by atoms with van der Waals surface area (Å²) >= 11 is 2.11. The Kier molecular flexibility index (Phi) is 3.39. The first-order chi connectivity index (χ1) is 8.43. The molecule has 2 N–H and O–H groups in total.